The van der Waals surface area contributed by atoms with Gasteiger partial charge in [0, 0.05) is 0 Å². The van der Waals surface area contributed by atoms with Crippen LogP contribution in [0.5, 0.6) is 0 Å². The van der Waals surface area contributed by atoms with Gasteiger partial charge in [-0.1, -0.05) is 174 Å². The Kier molecular flexibility index (Phi) is 8.61. The maximum Gasteiger partial charge on any atom is 0.326 e. The quantitative estimate of drug-likeness (QED) is 0.254. The second kappa shape index (κ2) is 9.02. The fourth-order valence-electron chi connectivity index (χ4n) is 2.60. The second-order valence-corrected chi connectivity index (χ2v) is 19.7. The number of halogens is 9. The number of carboxylic acids is 1. The van der Waals surface area contributed by atoms with Gasteiger partial charge in [-0.25, -0.2) is 0 Å². The number of hydrogen-bond donors (Lipinski definition) is 1. The maximum atomic E-state index is 13.3. The highest BCUT2D eigenvalue weighted by atomic mass is 79.9. The highest BCUT2D eigenvalue weighted by Crippen LogP contribution is 2.75. The van der Waals surface area contributed by atoms with Crippen LogP contribution in [0.1, 0.15) is 5.56 Å². The maximum absolute atomic E-state index is 13.3. The fraction of sp³-hybridized carbons (Fsp3) is 0.467. The Hall–Kier alpha value is 2.48. The Morgan fingerprint density at radius 1 is 0.929 bits per heavy atom. The zero-order valence-electron chi connectivity index (χ0n) is 13.2. The summed E-state index contributed by atoms with van der Waals surface area (Å²) in [4.78, 5) is 25.0. The second-order valence-electron chi connectivity index (χ2n) is 5.87. The van der Waals surface area contributed by atoms with E-state index in [4.69, 9.17) is 4.74 Å². The van der Waals surface area contributed by atoms with E-state index in [2.05, 4.69) is 143 Å². The number of rotatable bonds is 4. The highest BCUT2D eigenvalue weighted by molar-refractivity contribution is 9.33. The predicted octanol–water partition coefficient (Wildman–Crippen LogP) is 7.32. The molecule has 1 aromatic rings. The Balaban J connectivity index is 2.59. The van der Waals surface area contributed by atoms with E-state index in [1.165, 1.54) is 0 Å². The number of esters is 1. The molecule has 1 saturated carbocycles. The van der Waals surface area contributed by atoms with E-state index < -0.39 is 35.1 Å². The molecule has 156 valence electrons. The van der Waals surface area contributed by atoms with Crippen LogP contribution in [-0.4, -0.2) is 40.2 Å². The first-order chi connectivity index (χ1) is 12.6. The molecule has 1 aromatic carbocycles. The lowest BCUT2D eigenvalue weighted by Crippen LogP contribution is -2.81. The average molecular weight is 972 g/mol. The molecule has 3 unspecified atom stereocenters. The lowest BCUT2D eigenvalue weighted by Gasteiger charge is -2.61. The first-order valence-corrected chi connectivity index (χ1v) is 14.5. The Bertz CT molecular complexity index is 785. The van der Waals surface area contributed by atoms with Crippen LogP contribution in [0.2, 0.25) is 0 Å². The van der Waals surface area contributed by atoms with Gasteiger partial charge in [0.2, 0.25) is 0 Å². The van der Waals surface area contributed by atoms with Crippen LogP contribution < -0.4 is 0 Å². The van der Waals surface area contributed by atoms with Crippen LogP contribution in [0.15, 0.2) is 30.3 Å². The number of carbonyl (C=O) groups is 2. The topological polar surface area (TPSA) is 63.6 Å². The van der Waals surface area contributed by atoms with E-state index in [0.29, 0.717) is 0 Å². The molecule has 1 aliphatic carbocycles. The number of ether oxygens (including phenoxy) is 1. The van der Waals surface area contributed by atoms with Crippen molar-refractivity contribution in [3.05, 3.63) is 35.9 Å². The minimum Gasteiger partial charge on any atom is -0.480 e. The average Bonchev–Trinajstić information content (AvgIpc) is 2.63. The summed E-state index contributed by atoms with van der Waals surface area (Å²) in [6, 6.07) is 9.10. The molecule has 1 aliphatic rings. The number of benzene rings is 1. The van der Waals surface area contributed by atoms with Crippen LogP contribution in [0.3, 0.4) is 0 Å². The summed E-state index contributed by atoms with van der Waals surface area (Å²) < 4.78 is -1.91. The lowest BCUT2D eigenvalue weighted by molar-refractivity contribution is -0.154. The van der Waals surface area contributed by atoms with Crippen molar-refractivity contribution in [3.8, 4) is 0 Å². The Labute approximate surface area is 237 Å². The van der Waals surface area contributed by atoms with Crippen LogP contribution in [0.4, 0.5) is 0 Å². The van der Waals surface area contributed by atoms with Gasteiger partial charge in [-0.15, -0.1) is 0 Å². The van der Waals surface area contributed by atoms with Crippen molar-refractivity contribution in [1.29, 1.82) is 0 Å². The highest BCUT2D eigenvalue weighted by Gasteiger charge is 2.85. The molecule has 2 rings (SSSR count). The molecular weight excluding hydrogens is 963 g/mol. The summed E-state index contributed by atoms with van der Waals surface area (Å²) in [5.74, 6) is -2.09. The van der Waals surface area contributed by atoms with Crippen molar-refractivity contribution in [2.75, 3.05) is 0 Å². The number of hydrogen-bond acceptors (Lipinski definition) is 3. The first-order valence-electron chi connectivity index (χ1n) is 7.20. The van der Waals surface area contributed by atoms with Crippen molar-refractivity contribution >= 4 is 155 Å². The molecular formula is C15H9Br9O4. The van der Waals surface area contributed by atoms with Crippen molar-refractivity contribution in [1.82, 2.24) is 0 Å². The molecule has 0 aromatic heterocycles. The van der Waals surface area contributed by atoms with Gasteiger partial charge < -0.3 is 9.84 Å². The van der Waals surface area contributed by atoms with E-state index >= 15 is 0 Å². The van der Waals surface area contributed by atoms with E-state index in [1.807, 2.05) is 18.2 Å². The minimum absolute atomic E-state index is 0.0155. The van der Waals surface area contributed by atoms with Crippen LogP contribution >= 0.6 is 143 Å². The van der Waals surface area contributed by atoms with Gasteiger partial charge in [-0.3, -0.25) is 9.59 Å². The molecule has 1 fully saturated rings. The standard InChI is InChI=1S/C15H9Br9O4/c16-8-11(17,10(27)28-6-7-4-2-1-3-5-7)12(18,9(25)26)14(21,22)15(23,24)13(8,19)20/h1-5,8H,6H2,(H,25,26). The molecule has 0 bridgehead atoms. The smallest absolute Gasteiger partial charge is 0.326 e. The Morgan fingerprint density at radius 2 is 1.43 bits per heavy atom. The van der Waals surface area contributed by atoms with E-state index in [1.54, 1.807) is 12.1 Å². The third-order valence-electron chi connectivity index (χ3n) is 4.22. The van der Waals surface area contributed by atoms with Crippen molar-refractivity contribution in [2.45, 2.75) is 29.8 Å². The van der Waals surface area contributed by atoms with Crippen molar-refractivity contribution in [2.24, 2.45) is 0 Å². The predicted molar refractivity (Wildman–Crippen MR) is 142 cm³/mol. The largest absolute Gasteiger partial charge is 0.480 e. The fourth-order valence-corrected chi connectivity index (χ4v) is 12.7. The summed E-state index contributed by atoms with van der Waals surface area (Å²) in [7, 11) is 0. The normalized spacial score (nSPS) is 33.1. The lowest BCUT2D eigenvalue weighted by atomic mass is 9.77. The number of alkyl halides is 9. The van der Waals surface area contributed by atoms with Crippen LogP contribution in [0.25, 0.3) is 0 Å². The van der Waals surface area contributed by atoms with Gasteiger partial charge in [0.25, 0.3) is 0 Å². The molecule has 0 heterocycles. The van der Waals surface area contributed by atoms with Gasteiger partial charge in [-0.2, -0.15) is 0 Å². The monoisotopic (exact) mass is 963 g/mol. The van der Waals surface area contributed by atoms with Crippen LogP contribution in [-0.2, 0) is 20.9 Å². The van der Waals surface area contributed by atoms with E-state index in [-0.39, 0.29) is 6.61 Å². The number of aliphatic carboxylic acids is 1. The summed E-state index contributed by atoms with van der Waals surface area (Å²) in [5, 5.41) is 10.2. The van der Waals surface area contributed by atoms with E-state index in [9.17, 15) is 14.7 Å². The van der Waals surface area contributed by atoms with Gasteiger partial charge in [0.05, 0.1) is 4.83 Å². The SMILES string of the molecule is O=C(OCc1ccccc1)C1(Br)C(Br)C(Br)(Br)C(Br)(Br)C(Br)(Br)C1(Br)C(=O)O. The minimum atomic E-state index is -1.94. The molecule has 3 atom stereocenters. The van der Waals surface area contributed by atoms with Crippen molar-refractivity contribution in [3.63, 3.8) is 0 Å². The molecule has 0 aliphatic heterocycles. The summed E-state index contributed by atoms with van der Waals surface area (Å²) in [5.41, 5.74) is 0.771. The van der Waals surface area contributed by atoms with Gasteiger partial charge >= 0.3 is 11.9 Å². The zero-order valence-corrected chi connectivity index (χ0v) is 27.5. The van der Waals surface area contributed by atoms with E-state index in [0.717, 1.165) is 5.56 Å². The summed E-state index contributed by atoms with van der Waals surface area (Å²) in [6.45, 7) is -0.0155. The number of carbonyl (C=O) groups excluding carboxylic acids is 1. The third kappa shape index (κ3) is 3.77. The molecule has 0 saturated heterocycles. The molecule has 4 nitrogen and oxygen atoms in total. The van der Waals surface area contributed by atoms with Crippen molar-refractivity contribution < 1.29 is 19.4 Å². The van der Waals surface area contributed by atoms with Crippen LogP contribution in [0, 0.1) is 0 Å². The third-order valence-corrected chi connectivity index (χ3v) is 23.1. The molecule has 0 amide bonds. The number of carboxylic acid groups (broad SMARTS) is 1. The molecule has 0 spiro atoms. The molecule has 1 N–H and O–H groups in total. The summed E-state index contributed by atoms with van der Waals surface area (Å²) in [6.07, 6.45) is 0. The molecule has 13 heteroatoms. The zero-order chi connectivity index (χ0) is 21.8. The first kappa shape index (κ1) is 26.7. The molecule has 28 heavy (non-hydrogen) atoms. The van der Waals surface area contributed by atoms with Gasteiger partial charge in [0.1, 0.15) is 16.3 Å². The van der Waals surface area contributed by atoms with Gasteiger partial charge in [0.15, 0.2) is 8.65 Å². The molecule has 0 radical (unpaired) electrons. The van der Waals surface area contributed by atoms with Gasteiger partial charge in [-0.05, 0) is 5.56 Å². The summed E-state index contributed by atoms with van der Waals surface area (Å²) >= 11 is 31.3. The Morgan fingerprint density at radius 3 is 1.89 bits per heavy atom.